The minimum absolute atomic E-state index is 0.0185. The van der Waals surface area contributed by atoms with Gasteiger partial charge in [0.2, 0.25) is 0 Å². The minimum Gasteiger partial charge on any atom is -0.481 e. The number of fused-ring (bicyclic) bond motifs is 2. The molecule has 2 saturated heterocycles. The molecular weight excluding hydrogens is 694 g/mol. The van der Waals surface area contributed by atoms with Gasteiger partial charge in [0.05, 0.1) is 54.7 Å². The number of carboxylic acids is 1. The van der Waals surface area contributed by atoms with Crippen LogP contribution in [0.1, 0.15) is 85.0 Å². The summed E-state index contributed by atoms with van der Waals surface area (Å²) in [6.45, 7) is 5.16. The summed E-state index contributed by atoms with van der Waals surface area (Å²) in [5.74, 6) is -6.82. The molecule has 15 nitrogen and oxygen atoms in total. The van der Waals surface area contributed by atoms with Gasteiger partial charge in [0.15, 0.2) is 12.1 Å². The third-order valence-electron chi connectivity index (χ3n) is 10.0. The number of rotatable bonds is 5. The van der Waals surface area contributed by atoms with Crippen molar-refractivity contribution in [3.8, 4) is 0 Å². The van der Waals surface area contributed by atoms with Gasteiger partial charge < -0.3 is 60.4 Å². The van der Waals surface area contributed by atoms with Crippen LogP contribution < -0.4 is 5.73 Å². The second-order valence-electron chi connectivity index (χ2n) is 14.3. The average Bonchev–Trinajstić information content (AvgIpc) is 3.07. The predicted molar refractivity (Wildman–Crippen MR) is 191 cm³/mol. The van der Waals surface area contributed by atoms with Gasteiger partial charge in [-0.1, -0.05) is 62.5 Å². The molecule has 0 amide bonds. The molecule has 300 valence electrons. The van der Waals surface area contributed by atoms with E-state index in [2.05, 4.69) is 0 Å². The lowest BCUT2D eigenvalue weighted by atomic mass is 9.83. The number of carboxylic acid groups (broad SMARTS) is 1. The van der Waals surface area contributed by atoms with Crippen LogP contribution in [-0.4, -0.2) is 127 Å². The highest BCUT2D eigenvalue weighted by atomic mass is 16.7. The maximum absolute atomic E-state index is 12.9. The van der Waals surface area contributed by atoms with Crippen molar-refractivity contribution in [2.45, 2.75) is 158 Å². The Morgan fingerprint density at radius 2 is 1.64 bits per heavy atom. The fraction of sp³-hybridized carbons (Fsp3) is 0.711. The fourth-order valence-corrected chi connectivity index (χ4v) is 6.90. The number of carbonyl (C=O) groups excluding carboxylic acids is 2. The van der Waals surface area contributed by atoms with Gasteiger partial charge in [0.1, 0.15) is 23.9 Å². The van der Waals surface area contributed by atoms with Crippen LogP contribution in [0.2, 0.25) is 0 Å². The van der Waals surface area contributed by atoms with Crippen LogP contribution in [0, 0.1) is 11.8 Å². The van der Waals surface area contributed by atoms with Crippen LogP contribution in [0.15, 0.2) is 48.6 Å². The van der Waals surface area contributed by atoms with Crippen molar-refractivity contribution < 1.29 is 69.1 Å². The fourth-order valence-electron chi connectivity index (χ4n) is 6.90. The molecule has 0 spiro atoms. The molecule has 53 heavy (non-hydrogen) atoms. The van der Waals surface area contributed by atoms with E-state index in [1.807, 2.05) is 13.0 Å². The van der Waals surface area contributed by atoms with E-state index in [0.717, 1.165) is 0 Å². The van der Waals surface area contributed by atoms with E-state index in [1.165, 1.54) is 0 Å². The summed E-state index contributed by atoms with van der Waals surface area (Å²) in [5.41, 5.74) is 5.99. The number of esters is 1. The monoisotopic (exact) mass is 753 g/mol. The average molecular weight is 754 g/mol. The summed E-state index contributed by atoms with van der Waals surface area (Å²) in [4.78, 5) is 38.0. The van der Waals surface area contributed by atoms with E-state index in [-0.39, 0.29) is 44.3 Å². The maximum Gasteiger partial charge on any atom is 0.311 e. The van der Waals surface area contributed by atoms with Gasteiger partial charge in [-0.15, -0.1) is 0 Å². The Morgan fingerprint density at radius 3 is 2.30 bits per heavy atom. The molecule has 9 N–H and O–H groups in total. The lowest BCUT2D eigenvalue weighted by Gasteiger charge is -2.45. The third kappa shape index (κ3) is 13.5. The number of aliphatic carboxylic acids is 1. The third-order valence-corrected chi connectivity index (χ3v) is 10.0. The molecule has 3 rings (SSSR count). The van der Waals surface area contributed by atoms with Crippen LogP contribution in [0.25, 0.3) is 0 Å². The normalized spacial score (nSPS) is 42.9. The first kappa shape index (κ1) is 44.6. The summed E-state index contributed by atoms with van der Waals surface area (Å²) in [5, 5.41) is 75.0. The number of carbonyl (C=O) groups is 3. The number of ketones is 1. The van der Waals surface area contributed by atoms with E-state index in [9.17, 15) is 50.1 Å². The number of aliphatic hydroxyl groups is 6. The Balaban J connectivity index is 1.90. The van der Waals surface area contributed by atoms with Gasteiger partial charge in [-0.2, -0.15) is 0 Å². The lowest BCUT2D eigenvalue weighted by Crippen LogP contribution is -2.61. The lowest BCUT2D eigenvalue weighted by molar-refractivity contribution is -0.308. The number of hydrogen-bond donors (Lipinski definition) is 8. The molecule has 0 aromatic heterocycles. The molecule has 2 bridgehead atoms. The summed E-state index contributed by atoms with van der Waals surface area (Å²) in [6.07, 6.45) is 2.05. The molecule has 0 aliphatic carbocycles. The van der Waals surface area contributed by atoms with Crippen molar-refractivity contribution in [2.24, 2.45) is 17.6 Å². The number of ether oxygens (including phenoxy) is 4. The van der Waals surface area contributed by atoms with Gasteiger partial charge in [-0.05, 0) is 32.6 Å². The van der Waals surface area contributed by atoms with Crippen LogP contribution in [-0.2, 0) is 33.3 Å². The van der Waals surface area contributed by atoms with Crippen LogP contribution in [0.3, 0.4) is 0 Å². The standard InChI is InChI=1S/C38H59NO14/c1-4-25-16-11-9-7-6-8-10-12-17-26(52-37-34(45)32(39)33(44)22(3)50-37)19-30-31(35(46)47)29(43)21-38(49,53-30)20-24(41)15-13-14-23(40)18-28(42)27(5-2)36(48)51-25/h6-12,17,22,24-34,37,41-45,49H,4-5,13-16,18-21,39H2,1-3H3,(H,46,47)/b7-6+,10-8+,11-9+,17-12+/t22-,24+,25-,26+,27+,28-,29+,30+,31-,32+,33-,34+,37+,38-/m1/s1. The first-order valence-corrected chi connectivity index (χ1v) is 18.6. The van der Waals surface area contributed by atoms with Crippen molar-refractivity contribution in [2.75, 3.05) is 0 Å². The topological polar surface area (TPSA) is 256 Å². The molecule has 14 atom stereocenters. The summed E-state index contributed by atoms with van der Waals surface area (Å²) in [7, 11) is 0. The molecule has 0 aromatic rings. The SMILES string of the molecule is CC[C@@H]1C/C=C/C=C/C=C/C=C/[C@H](O[C@@H]2O[C@H](C)[C@@H](O)[C@H](N)[C@@H]2O)C[C@@H]2O[C@](O)(C[C@@H](O)CCCC(=O)C[C@@H](O)[C@H](CC)C(=O)O1)C[C@H](O)[C@H]2C(=O)O. The van der Waals surface area contributed by atoms with E-state index >= 15 is 0 Å². The molecule has 3 heterocycles. The Hall–Kier alpha value is -2.83. The summed E-state index contributed by atoms with van der Waals surface area (Å²) >= 11 is 0. The summed E-state index contributed by atoms with van der Waals surface area (Å²) in [6, 6.07) is -1.10. The number of nitrogens with two attached hydrogens (primary N) is 1. The highest BCUT2D eigenvalue weighted by Gasteiger charge is 2.50. The molecule has 2 fully saturated rings. The van der Waals surface area contributed by atoms with Gasteiger partial charge in [0.25, 0.3) is 0 Å². The zero-order valence-corrected chi connectivity index (χ0v) is 30.8. The van der Waals surface area contributed by atoms with Crippen molar-refractivity contribution in [3.63, 3.8) is 0 Å². The minimum atomic E-state index is -2.15. The molecule has 3 aliphatic rings. The zero-order valence-electron chi connectivity index (χ0n) is 30.8. The largest absolute Gasteiger partial charge is 0.481 e. The van der Waals surface area contributed by atoms with Crippen molar-refractivity contribution in [1.82, 2.24) is 0 Å². The predicted octanol–water partition coefficient (Wildman–Crippen LogP) is 1.31. The Morgan fingerprint density at radius 1 is 0.962 bits per heavy atom. The smallest absolute Gasteiger partial charge is 0.311 e. The molecule has 0 saturated carbocycles. The van der Waals surface area contributed by atoms with Crippen molar-refractivity contribution in [3.05, 3.63) is 48.6 Å². The zero-order chi connectivity index (χ0) is 39.3. The van der Waals surface area contributed by atoms with Gasteiger partial charge in [0, 0.05) is 38.5 Å². The molecule has 15 heteroatoms. The van der Waals surface area contributed by atoms with Gasteiger partial charge in [-0.25, -0.2) is 0 Å². The van der Waals surface area contributed by atoms with E-state index < -0.39 is 110 Å². The first-order chi connectivity index (χ1) is 25.1. The Labute approximate surface area is 310 Å². The number of hydrogen-bond acceptors (Lipinski definition) is 14. The molecule has 3 aliphatic heterocycles. The van der Waals surface area contributed by atoms with Crippen molar-refractivity contribution >= 4 is 17.7 Å². The van der Waals surface area contributed by atoms with Crippen molar-refractivity contribution in [1.29, 1.82) is 0 Å². The second-order valence-corrected chi connectivity index (χ2v) is 14.3. The highest BCUT2D eigenvalue weighted by Crippen LogP contribution is 2.38. The number of allylic oxidation sites excluding steroid dienone is 6. The van der Waals surface area contributed by atoms with E-state index in [4.69, 9.17) is 24.7 Å². The Kier molecular flexibility index (Phi) is 17.9. The molecule has 0 radical (unpaired) electrons. The van der Waals surface area contributed by atoms with Crippen LogP contribution in [0.5, 0.6) is 0 Å². The number of aliphatic hydroxyl groups excluding tert-OH is 5. The maximum atomic E-state index is 12.9. The molecule has 0 unspecified atom stereocenters. The molecular formula is C38H59NO14. The quantitative estimate of drug-likeness (QED) is 0.184. The van der Waals surface area contributed by atoms with Crippen LogP contribution >= 0.6 is 0 Å². The number of cyclic esters (lactones) is 1. The van der Waals surface area contributed by atoms with Crippen LogP contribution in [0.4, 0.5) is 0 Å². The molecule has 0 aromatic carbocycles. The number of Topliss-reactive ketones (excluding diaryl/α,β-unsaturated/α-hetero) is 1. The first-order valence-electron chi connectivity index (χ1n) is 18.6. The van der Waals surface area contributed by atoms with Gasteiger partial charge in [-0.3, -0.25) is 14.4 Å². The highest BCUT2D eigenvalue weighted by molar-refractivity contribution is 5.80. The second kappa shape index (κ2) is 21.3. The summed E-state index contributed by atoms with van der Waals surface area (Å²) < 4.78 is 23.3. The van der Waals surface area contributed by atoms with E-state index in [1.54, 1.807) is 56.4 Å². The van der Waals surface area contributed by atoms with Gasteiger partial charge >= 0.3 is 11.9 Å². The van der Waals surface area contributed by atoms with E-state index in [0.29, 0.717) is 12.8 Å². The Bertz CT molecular complexity index is 1300.